The molecular formula is C9H11F3N6. The zero-order chi connectivity index (χ0) is 13.2. The summed E-state index contributed by atoms with van der Waals surface area (Å²) in [6.07, 6.45) is -1.48. The second-order valence-corrected chi connectivity index (χ2v) is 3.64. The molecule has 0 bridgehead atoms. The fourth-order valence-corrected chi connectivity index (χ4v) is 1.38. The standard InChI is InChI=1S/C9H11F3N6/c10-9(11,12)8-1-2-17(15-8)3-4-18-6-7(5-13)14-16-18/h1-2,6H,3-5,13H2. The van der Waals surface area contributed by atoms with E-state index in [0.29, 0.717) is 12.2 Å². The molecule has 0 spiro atoms. The molecule has 0 unspecified atom stereocenters. The molecule has 0 fully saturated rings. The van der Waals surface area contributed by atoms with Gasteiger partial charge in [0.1, 0.15) is 0 Å². The molecule has 0 aromatic carbocycles. The molecule has 0 saturated heterocycles. The topological polar surface area (TPSA) is 74.5 Å². The van der Waals surface area contributed by atoms with Crippen LogP contribution >= 0.6 is 0 Å². The summed E-state index contributed by atoms with van der Waals surface area (Å²) in [4.78, 5) is 0. The van der Waals surface area contributed by atoms with E-state index in [-0.39, 0.29) is 13.1 Å². The van der Waals surface area contributed by atoms with E-state index in [1.165, 1.54) is 15.6 Å². The van der Waals surface area contributed by atoms with Crippen molar-refractivity contribution in [2.24, 2.45) is 5.73 Å². The van der Waals surface area contributed by atoms with Gasteiger partial charge in [-0.25, -0.2) is 0 Å². The molecule has 2 aromatic heterocycles. The fourth-order valence-electron chi connectivity index (χ4n) is 1.38. The Bertz CT molecular complexity index is 514. The Morgan fingerprint density at radius 2 is 1.94 bits per heavy atom. The molecule has 2 rings (SSSR count). The van der Waals surface area contributed by atoms with Crippen LogP contribution in [0.25, 0.3) is 0 Å². The van der Waals surface area contributed by atoms with E-state index in [1.54, 1.807) is 6.20 Å². The number of rotatable bonds is 4. The van der Waals surface area contributed by atoms with Gasteiger partial charge in [0.15, 0.2) is 5.69 Å². The maximum absolute atomic E-state index is 12.3. The van der Waals surface area contributed by atoms with Crippen LogP contribution in [0.3, 0.4) is 0 Å². The third kappa shape index (κ3) is 2.86. The van der Waals surface area contributed by atoms with Crippen molar-refractivity contribution in [1.29, 1.82) is 0 Å². The van der Waals surface area contributed by atoms with Crippen molar-refractivity contribution in [3.63, 3.8) is 0 Å². The van der Waals surface area contributed by atoms with E-state index >= 15 is 0 Å². The third-order valence-electron chi connectivity index (χ3n) is 2.28. The van der Waals surface area contributed by atoms with Gasteiger partial charge in [-0.05, 0) is 6.07 Å². The molecule has 9 heteroatoms. The molecule has 0 atom stereocenters. The highest BCUT2D eigenvalue weighted by Crippen LogP contribution is 2.27. The van der Waals surface area contributed by atoms with Gasteiger partial charge in [-0.3, -0.25) is 9.36 Å². The number of hydrogen-bond acceptors (Lipinski definition) is 4. The van der Waals surface area contributed by atoms with Crippen LogP contribution in [-0.4, -0.2) is 24.8 Å². The van der Waals surface area contributed by atoms with E-state index < -0.39 is 11.9 Å². The van der Waals surface area contributed by atoms with E-state index in [2.05, 4.69) is 15.4 Å². The monoisotopic (exact) mass is 260 g/mol. The summed E-state index contributed by atoms with van der Waals surface area (Å²) in [5.41, 5.74) is 5.09. The van der Waals surface area contributed by atoms with Crippen molar-refractivity contribution in [1.82, 2.24) is 24.8 Å². The van der Waals surface area contributed by atoms with Gasteiger partial charge in [0.25, 0.3) is 0 Å². The lowest BCUT2D eigenvalue weighted by Gasteiger charge is -2.02. The van der Waals surface area contributed by atoms with Crippen molar-refractivity contribution >= 4 is 0 Å². The van der Waals surface area contributed by atoms with E-state index in [0.717, 1.165) is 6.07 Å². The fraction of sp³-hybridized carbons (Fsp3) is 0.444. The minimum Gasteiger partial charge on any atom is -0.325 e. The molecule has 0 amide bonds. The van der Waals surface area contributed by atoms with Gasteiger partial charge in [0.2, 0.25) is 0 Å². The maximum atomic E-state index is 12.3. The number of alkyl halides is 3. The number of nitrogens with zero attached hydrogens (tertiary/aromatic N) is 5. The molecule has 6 nitrogen and oxygen atoms in total. The lowest BCUT2D eigenvalue weighted by Crippen LogP contribution is -2.11. The predicted octanol–water partition coefficient (Wildman–Crippen LogP) is 0.652. The first-order chi connectivity index (χ1) is 8.49. The first-order valence-electron chi connectivity index (χ1n) is 5.19. The van der Waals surface area contributed by atoms with Crippen molar-refractivity contribution in [3.8, 4) is 0 Å². The maximum Gasteiger partial charge on any atom is 0.435 e. The van der Waals surface area contributed by atoms with Crippen LogP contribution in [0.1, 0.15) is 11.4 Å². The molecule has 2 heterocycles. The van der Waals surface area contributed by atoms with Crippen LogP contribution in [0, 0.1) is 0 Å². The van der Waals surface area contributed by atoms with Gasteiger partial charge in [-0.2, -0.15) is 18.3 Å². The summed E-state index contributed by atoms with van der Waals surface area (Å²) in [6, 6.07) is 0.937. The molecule has 0 aliphatic carbocycles. The SMILES string of the molecule is NCc1cn(CCn2ccc(C(F)(F)F)n2)nn1. The van der Waals surface area contributed by atoms with Gasteiger partial charge in [-0.1, -0.05) is 5.21 Å². The Labute approximate surface area is 100 Å². The average Bonchev–Trinajstić information content (AvgIpc) is 2.94. The summed E-state index contributed by atoms with van der Waals surface area (Å²) in [6.45, 7) is 0.940. The Morgan fingerprint density at radius 3 is 2.50 bits per heavy atom. The van der Waals surface area contributed by atoms with Crippen LogP contribution in [0.2, 0.25) is 0 Å². The van der Waals surface area contributed by atoms with E-state index in [1.807, 2.05) is 0 Å². The van der Waals surface area contributed by atoms with E-state index in [4.69, 9.17) is 5.73 Å². The highest BCUT2D eigenvalue weighted by atomic mass is 19.4. The number of halogens is 3. The second-order valence-electron chi connectivity index (χ2n) is 3.64. The van der Waals surface area contributed by atoms with Gasteiger partial charge in [0.05, 0.1) is 18.8 Å². The summed E-state index contributed by atoms with van der Waals surface area (Å²) in [5.74, 6) is 0. The number of nitrogens with two attached hydrogens (primary N) is 1. The predicted molar refractivity (Wildman–Crippen MR) is 55.1 cm³/mol. The Balaban J connectivity index is 1.96. The highest BCUT2D eigenvalue weighted by Gasteiger charge is 2.33. The normalized spacial score (nSPS) is 12.0. The molecule has 18 heavy (non-hydrogen) atoms. The first kappa shape index (κ1) is 12.6. The van der Waals surface area contributed by atoms with Crippen LogP contribution < -0.4 is 5.73 Å². The molecule has 0 aliphatic rings. The van der Waals surface area contributed by atoms with Crippen LogP contribution in [0.15, 0.2) is 18.5 Å². The third-order valence-corrected chi connectivity index (χ3v) is 2.28. The number of aryl methyl sites for hydroxylation is 2. The Hall–Kier alpha value is -1.90. The quantitative estimate of drug-likeness (QED) is 0.876. The molecule has 0 saturated carbocycles. The summed E-state index contributed by atoms with van der Waals surface area (Å²) >= 11 is 0. The second kappa shape index (κ2) is 4.77. The average molecular weight is 260 g/mol. The zero-order valence-electron chi connectivity index (χ0n) is 9.30. The molecular weight excluding hydrogens is 249 g/mol. The van der Waals surface area contributed by atoms with Crippen molar-refractivity contribution in [3.05, 3.63) is 29.8 Å². The van der Waals surface area contributed by atoms with Gasteiger partial charge >= 0.3 is 6.18 Å². The molecule has 0 aliphatic heterocycles. The minimum atomic E-state index is -4.41. The van der Waals surface area contributed by atoms with Crippen LogP contribution in [0.5, 0.6) is 0 Å². The van der Waals surface area contributed by atoms with Crippen molar-refractivity contribution < 1.29 is 13.2 Å². The summed E-state index contributed by atoms with van der Waals surface area (Å²) < 4.78 is 39.6. The number of aromatic nitrogens is 5. The van der Waals surface area contributed by atoms with Gasteiger partial charge < -0.3 is 5.73 Å². The summed E-state index contributed by atoms with van der Waals surface area (Å²) in [7, 11) is 0. The molecule has 0 radical (unpaired) electrons. The highest BCUT2D eigenvalue weighted by molar-refractivity contribution is 5.03. The molecule has 2 aromatic rings. The Morgan fingerprint density at radius 1 is 1.22 bits per heavy atom. The van der Waals surface area contributed by atoms with E-state index in [9.17, 15) is 13.2 Å². The first-order valence-corrected chi connectivity index (χ1v) is 5.19. The molecule has 98 valence electrons. The smallest absolute Gasteiger partial charge is 0.325 e. The zero-order valence-corrected chi connectivity index (χ0v) is 9.30. The van der Waals surface area contributed by atoms with Crippen molar-refractivity contribution in [2.75, 3.05) is 0 Å². The molecule has 2 N–H and O–H groups in total. The number of hydrogen-bond donors (Lipinski definition) is 1. The summed E-state index contributed by atoms with van der Waals surface area (Å²) in [5, 5.41) is 11.0. The largest absolute Gasteiger partial charge is 0.435 e. The van der Waals surface area contributed by atoms with Crippen LogP contribution in [0.4, 0.5) is 13.2 Å². The minimum absolute atomic E-state index is 0.278. The van der Waals surface area contributed by atoms with Gasteiger partial charge in [-0.15, -0.1) is 5.10 Å². The Kier molecular flexibility index (Phi) is 3.32. The lowest BCUT2D eigenvalue weighted by molar-refractivity contribution is -0.141. The van der Waals surface area contributed by atoms with Crippen LogP contribution in [-0.2, 0) is 25.8 Å². The van der Waals surface area contributed by atoms with Crippen molar-refractivity contribution in [2.45, 2.75) is 25.8 Å². The lowest BCUT2D eigenvalue weighted by atomic mass is 10.4. The van der Waals surface area contributed by atoms with Gasteiger partial charge in [0, 0.05) is 18.9 Å².